The van der Waals surface area contributed by atoms with E-state index >= 15 is 0 Å². The molecule has 1 saturated heterocycles. The number of guanidine groups is 1. The monoisotopic (exact) mass is 537 g/mol. The molecule has 2 rings (SSSR count). The van der Waals surface area contributed by atoms with Crippen molar-refractivity contribution >= 4 is 40.0 Å². The average molecular weight is 538 g/mol. The van der Waals surface area contributed by atoms with Crippen LogP contribution < -0.4 is 15.4 Å². The zero-order valence-corrected chi connectivity index (χ0v) is 20.9. The summed E-state index contributed by atoms with van der Waals surface area (Å²) in [4.78, 5) is 7.09. The van der Waals surface area contributed by atoms with Crippen molar-refractivity contribution in [2.75, 3.05) is 31.9 Å². The van der Waals surface area contributed by atoms with Gasteiger partial charge in [-0.1, -0.05) is 30.3 Å². The number of hydrogen-bond acceptors (Lipinski definition) is 4. The molecule has 2 atom stereocenters. The Bertz CT molecular complexity index is 715. The summed E-state index contributed by atoms with van der Waals surface area (Å²) in [5.74, 6) is 0.916. The molecule has 0 bridgehead atoms. The summed E-state index contributed by atoms with van der Waals surface area (Å²) in [5.41, 5.74) is 1.34. The van der Waals surface area contributed by atoms with Crippen LogP contribution in [0.5, 0.6) is 0 Å². The van der Waals surface area contributed by atoms with Crippen molar-refractivity contribution in [2.45, 2.75) is 52.2 Å². The van der Waals surface area contributed by atoms with Crippen LogP contribution in [0.3, 0.4) is 0 Å². The molecule has 1 aromatic rings. The number of halogens is 1. The third kappa shape index (κ3) is 9.63. The molecule has 0 aromatic heterocycles. The first kappa shape index (κ1) is 26.1. The standard InChI is InChI=1S/C20H35N5O2S.HI/c1-4-21-20(22-12-9-13-23-28(26,27)5-2)24-19-14-17(3)25(16-19)15-18-10-7-6-8-11-18;/h6-8,10-11,17,19,23H,4-5,9,12-16H2,1-3H3,(H2,21,22,24);1H. The van der Waals surface area contributed by atoms with Crippen LogP contribution in [-0.4, -0.2) is 63.3 Å². The van der Waals surface area contributed by atoms with Crippen molar-refractivity contribution in [3.05, 3.63) is 35.9 Å². The third-order valence-electron chi connectivity index (χ3n) is 4.92. The maximum Gasteiger partial charge on any atom is 0.211 e. The molecule has 3 N–H and O–H groups in total. The molecule has 7 nitrogen and oxygen atoms in total. The van der Waals surface area contributed by atoms with E-state index in [9.17, 15) is 8.42 Å². The third-order valence-corrected chi connectivity index (χ3v) is 6.33. The Morgan fingerprint density at radius 1 is 1.24 bits per heavy atom. The van der Waals surface area contributed by atoms with Crippen LogP contribution in [0.1, 0.15) is 39.2 Å². The highest BCUT2D eigenvalue weighted by Gasteiger charge is 2.29. The van der Waals surface area contributed by atoms with Crippen LogP contribution in [0.15, 0.2) is 35.3 Å². The fraction of sp³-hybridized carbons (Fsp3) is 0.650. The number of rotatable bonds is 10. The Labute approximate surface area is 193 Å². The highest BCUT2D eigenvalue weighted by Crippen LogP contribution is 2.20. The number of aliphatic imine (C=N–C) groups is 1. The van der Waals surface area contributed by atoms with E-state index in [1.54, 1.807) is 6.92 Å². The van der Waals surface area contributed by atoms with Crippen molar-refractivity contribution in [3.8, 4) is 0 Å². The minimum Gasteiger partial charge on any atom is -0.357 e. The summed E-state index contributed by atoms with van der Waals surface area (Å²) >= 11 is 0. The van der Waals surface area contributed by atoms with E-state index < -0.39 is 10.0 Å². The molecule has 1 heterocycles. The molecule has 29 heavy (non-hydrogen) atoms. The van der Waals surface area contributed by atoms with Gasteiger partial charge in [-0.05, 0) is 39.2 Å². The summed E-state index contributed by atoms with van der Waals surface area (Å²) < 4.78 is 25.5. The molecule has 1 aliphatic rings. The Morgan fingerprint density at radius 3 is 2.62 bits per heavy atom. The first-order chi connectivity index (χ1) is 13.4. The number of likely N-dealkylation sites (tertiary alicyclic amines) is 1. The maximum atomic E-state index is 11.4. The zero-order chi connectivity index (χ0) is 20.4. The molecule has 1 aliphatic heterocycles. The Balaban J connectivity index is 0.00000420. The Kier molecular flexibility index (Phi) is 12.1. The summed E-state index contributed by atoms with van der Waals surface area (Å²) in [7, 11) is -3.12. The first-order valence-electron chi connectivity index (χ1n) is 10.2. The molecule has 0 radical (unpaired) electrons. The molecule has 0 saturated carbocycles. The second kappa shape index (κ2) is 13.4. The van der Waals surface area contributed by atoms with E-state index in [0.29, 0.717) is 31.6 Å². The summed E-state index contributed by atoms with van der Waals surface area (Å²) in [6, 6.07) is 11.4. The van der Waals surface area contributed by atoms with E-state index in [4.69, 9.17) is 0 Å². The molecule has 1 aromatic carbocycles. The van der Waals surface area contributed by atoms with Crippen molar-refractivity contribution < 1.29 is 8.42 Å². The molecule has 0 amide bonds. The van der Waals surface area contributed by atoms with E-state index in [1.165, 1.54) is 5.56 Å². The number of nitrogens with zero attached hydrogens (tertiary/aromatic N) is 2. The molecular weight excluding hydrogens is 501 g/mol. The van der Waals surface area contributed by atoms with Crippen LogP contribution >= 0.6 is 24.0 Å². The molecule has 0 aliphatic carbocycles. The number of benzene rings is 1. The second-order valence-corrected chi connectivity index (χ2v) is 9.35. The van der Waals surface area contributed by atoms with Gasteiger partial charge in [-0.3, -0.25) is 9.89 Å². The summed E-state index contributed by atoms with van der Waals surface area (Å²) in [6.07, 6.45) is 1.75. The van der Waals surface area contributed by atoms with Crippen LogP contribution in [0.2, 0.25) is 0 Å². The summed E-state index contributed by atoms with van der Waals surface area (Å²) in [6.45, 7) is 9.70. The molecule has 2 unspecified atom stereocenters. The Hall–Kier alpha value is -0.910. The minimum atomic E-state index is -3.12. The highest BCUT2D eigenvalue weighted by molar-refractivity contribution is 14.0. The molecule has 1 fully saturated rings. The van der Waals surface area contributed by atoms with E-state index in [2.05, 4.69) is 56.4 Å². The van der Waals surface area contributed by atoms with Crippen molar-refractivity contribution in [1.29, 1.82) is 0 Å². The molecule has 0 spiro atoms. The predicted octanol–water partition coefficient (Wildman–Crippen LogP) is 2.15. The lowest BCUT2D eigenvalue weighted by molar-refractivity contribution is 0.258. The maximum absolute atomic E-state index is 11.4. The van der Waals surface area contributed by atoms with Gasteiger partial charge in [0.05, 0.1) is 5.75 Å². The van der Waals surface area contributed by atoms with Crippen LogP contribution in [0, 0.1) is 0 Å². The van der Waals surface area contributed by atoms with Gasteiger partial charge in [0.25, 0.3) is 0 Å². The first-order valence-corrected chi connectivity index (χ1v) is 11.9. The van der Waals surface area contributed by atoms with Gasteiger partial charge in [0.2, 0.25) is 10.0 Å². The van der Waals surface area contributed by atoms with E-state index in [1.807, 2.05) is 13.0 Å². The topological polar surface area (TPSA) is 85.8 Å². The predicted molar refractivity (Wildman–Crippen MR) is 131 cm³/mol. The van der Waals surface area contributed by atoms with Gasteiger partial charge in [0.15, 0.2) is 5.96 Å². The van der Waals surface area contributed by atoms with Crippen LogP contribution in [0.4, 0.5) is 0 Å². The van der Waals surface area contributed by atoms with Crippen LogP contribution in [-0.2, 0) is 16.6 Å². The largest absolute Gasteiger partial charge is 0.357 e. The SMILES string of the molecule is CCNC(=NCCCNS(=O)(=O)CC)NC1CC(C)N(Cc2ccccc2)C1.I. The Morgan fingerprint density at radius 2 is 1.97 bits per heavy atom. The van der Waals surface area contributed by atoms with Gasteiger partial charge in [-0.15, -0.1) is 24.0 Å². The molecular formula is C20H36IN5O2S. The van der Waals surface area contributed by atoms with Gasteiger partial charge < -0.3 is 10.6 Å². The lowest BCUT2D eigenvalue weighted by atomic mass is 10.2. The zero-order valence-electron chi connectivity index (χ0n) is 17.7. The lowest BCUT2D eigenvalue weighted by Gasteiger charge is -2.21. The highest BCUT2D eigenvalue weighted by atomic mass is 127. The number of nitrogens with one attached hydrogen (secondary N) is 3. The molecule has 166 valence electrons. The van der Waals surface area contributed by atoms with Gasteiger partial charge in [-0.25, -0.2) is 13.1 Å². The smallest absolute Gasteiger partial charge is 0.211 e. The number of sulfonamides is 1. The quantitative estimate of drug-likeness (QED) is 0.184. The average Bonchev–Trinajstić information content (AvgIpc) is 3.01. The van der Waals surface area contributed by atoms with Gasteiger partial charge in [-0.2, -0.15) is 0 Å². The lowest BCUT2D eigenvalue weighted by Crippen LogP contribution is -2.44. The fourth-order valence-electron chi connectivity index (χ4n) is 3.35. The second-order valence-electron chi connectivity index (χ2n) is 7.25. The van der Waals surface area contributed by atoms with Crippen molar-refractivity contribution in [2.24, 2.45) is 4.99 Å². The fourth-order valence-corrected chi connectivity index (χ4v) is 4.01. The van der Waals surface area contributed by atoms with E-state index in [-0.39, 0.29) is 29.7 Å². The minimum absolute atomic E-state index is 0. The van der Waals surface area contributed by atoms with Gasteiger partial charge in [0.1, 0.15) is 0 Å². The van der Waals surface area contributed by atoms with Crippen molar-refractivity contribution in [3.63, 3.8) is 0 Å². The number of hydrogen-bond donors (Lipinski definition) is 3. The normalized spacial score (nSPS) is 20.3. The molecule has 9 heteroatoms. The van der Waals surface area contributed by atoms with Gasteiger partial charge >= 0.3 is 0 Å². The van der Waals surface area contributed by atoms with Gasteiger partial charge in [0, 0.05) is 44.8 Å². The van der Waals surface area contributed by atoms with E-state index in [0.717, 1.165) is 32.0 Å². The summed E-state index contributed by atoms with van der Waals surface area (Å²) in [5, 5.41) is 6.83. The van der Waals surface area contributed by atoms with Crippen molar-refractivity contribution in [1.82, 2.24) is 20.3 Å². The van der Waals surface area contributed by atoms with Crippen LogP contribution in [0.25, 0.3) is 0 Å².